The Hall–Kier alpha value is -3.08. The Morgan fingerprint density at radius 3 is 2.68 bits per heavy atom. The summed E-state index contributed by atoms with van der Waals surface area (Å²) in [7, 11) is 1.69. The van der Waals surface area contributed by atoms with Crippen LogP contribution in [0.2, 0.25) is 0 Å². The van der Waals surface area contributed by atoms with Gasteiger partial charge in [0.15, 0.2) is 5.82 Å². The Morgan fingerprint density at radius 2 is 1.89 bits per heavy atom. The zero-order valence-electron chi connectivity index (χ0n) is 16.1. The molecule has 0 aliphatic carbocycles. The van der Waals surface area contributed by atoms with Crippen LogP contribution in [0.3, 0.4) is 0 Å². The van der Waals surface area contributed by atoms with Gasteiger partial charge < -0.3 is 14.6 Å². The fourth-order valence-corrected chi connectivity index (χ4v) is 4.33. The summed E-state index contributed by atoms with van der Waals surface area (Å²) in [5.74, 6) is 2.59. The summed E-state index contributed by atoms with van der Waals surface area (Å²) in [6, 6.07) is 16.9. The van der Waals surface area contributed by atoms with Crippen LogP contribution < -0.4 is 9.64 Å². The van der Waals surface area contributed by atoms with Crippen LogP contribution in [0.1, 0.15) is 18.4 Å². The monoisotopic (exact) mass is 372 g/mol. The third-order valence-corrected chi connectivity index (χ3v) is 5.85. The van der Waals surface area contributed by atoms with E-state index in [4.69, 9.17) is 4.74 Å². The topological polar surface area (TPSA) is 54.0 Å². The third-order valence-electron chi connectivity index (χ3n) is 5.85. The number of H-pyrrole nitrogens is 1. The number of ether oxygens (including phenoxy) is 1. The molecule has 2 aromatic heterocycles. The van der Waals surface area contributed by atoms with Gasteiger partial charge in [-0.1, -0.05) is 30.3 Å². The molecule has 3 heterocycles. The lowest BCUT2D eigenvalue weighted by molar-refractivity contribution is 0.402. The molecule has 4 aromatic rings. The number of hydrogen-bond donors (Lipinski definition) is 1. The second kappa shape index (κ2) is 7.15. The molecule has 1 fully saturated rings. The van der Waals surface area contributed by atoms with Crippen molar-refractivity contribution in [3.8, 4) is 5.75 Å². The first-order chi connectivity index (χ1) is 13.8. The minimum Gasteiger partial charge on any atom is -0.497 e. The lowest BCUT2D eigenvalue weighted by atomic mass is 9.90. The predicted octanol–water partition coefficient (Wildman–Crippen LogP) is 4.58. The molecule has 0 spiro atoms. The number of anilines is 1. The zero-order valence-corrected chi connectivity index (χ0v) is 16.1. The number of piperidine rings is 1. The molecule has 0 atom stereocenters. The van der Waals surface area contributed by atoms with E-state index in [1.54, 1.807) is 13.4 Å². The summed E-state index contributed by atoms with van der Waals surface area (Å²) < 4.78 is 5.36. The molecule has 0 saturated carbocycles. The van der Waals surface area contributed by atoms with Gasteiger partial charge in [0.05, 0.1) is 12.6 Å². The molecule has 1 saturated heterocycles. The fourth-order valence-electron chi connectivity index (χ4n) is 4.33. The molecule has 1 aliphatic rings. The van der Waals surface area contributed by atoms with Crippen LogP contribution in [0.5, 0.6) is 5.75 Å². The number of nitrogens with zero attached hydrogens (tertiary/aromatic N) is 3. The fraction of sp³-hybridized carbons (Fsp3) is 0.304. The highest BCUT2D eigenvalue weighted by molar-refractivity contribution is 6.08. The Balaban J connectivity index is 1.39. The van der Waals surface area contributed by atoms with Gasteiger partial charge in [-0.15, -0.1) is 0 Å². The maximum Gasteiger partial charge on any atom is 0.156 e. The van der Waals surface area contributed by atoms with Crippen LogP contribution in [0.4, 0.5) is 5.82 Å². The van der Waals surface area contributed by atoms with Crippen molar-refractivity contribution in [3.63, 3.8) is 0 Å². The smallest absolute Gasteiger partial charge is 0.156 e. The number of nitrogens with one attached hydrogen (secondary N) is 1. The first kappa shape index (κ1) is 17.0. The highest BCUT2D eigenvalue weighted by Gasteiger charge is 2.23. The van der Waals surface area contributed by atoms with Crippen molar-refractivity contribution in [1.82, 2.24) is 15.0 Å². The minimum absolute atomic E-state index is 0.739. The van der Waals surface area contributed by atoms with Crippen LogP contribution in [0, 0.1) is 5.92 Å². The van der Waals surface area contributed by atoms with Crippen molar-refractivity contribution >= 4 is 27.8 Å². The van der Waals surface area contributed by atoms with Crippen molar-refractivity contribution < 1.29 is 4.74 Å². The highest BCUT2D eigenvalue weighted by Crippen LogP contribution is 2.33. The Morgan fingerprint density at radius 1 is 1.07 bits per heavy atom. The van der Waals surface area contributed by atoms with Crippen molar-refractivity contribution in [2.45, 2.75) is 19.3 Å². The van der Waals surface area contributed by atoms with Gasteiger partial charge in [-0.05, 0) is 42.9 Å². The molecule has 28 heavy (non-hydrogen) atoms. The summed E-state index contributed by atoms with van der Waals surface area (Å²) >= 11 is 0. The SMILES string of the molecule is COc1ccc2c(c1)[nH]c1c(N3CCC(Cc4ccccc4)CC3)ncnc12. The van der Waals surface area contributed by atoms with E-state index in [2.05, 4.69) is 56.3 Å². The number of aromatic nitrogens is 3. The van der Waals surface area contributed by atoms with Gasteiger partial charge in [0.2, 0.25) is 0 Å². The van der Waals surface area contributed by atoms with E-state index in [-0.39, 0.29) is 0 Å². The molecule has 5 heteroatoms. The molecule has 142 valence electrons. The molecule has 0 radical (unpaired) electrons. The number of methoxy groups -OCH3 is 1. The summed E-state index contributed by atoms with van der Waals surface area (Å²) in [6.07, 6.45) is 5.23. The number of aromatic amines is 1. The Labute approximate surface area is 164 Å². The molecule has 0 unspecified atom stereocenters. The van der Waals surface area contributed by atoms with Gasteiger partial charge >= 0.3 is 0 Å². The molecule has 0 bridgehead atoms. The van der Waals surface area contributed by atoms with E-state index < -0.39 is 0 Å². The predicted molar refractivity (Wildman–Crippen MR) is 113 cm³/mol. The molecule has 5 nitrogen and oxygen atoms in total. The average molecular weight is 372 g/mol. The molecule has 1 N–H and O–H groups in total. The van der Waals surface area contributed by atoms with E-state index in [0.29, 0.717) is 0 Å². The maximum absolute atomic E-state index is 5.36. The van der Waals surface area contributed by atoms with Crippen LogP contribution in [-0.4, -0.2) is 35.2 Å². The van der Waals surface area contributed by atoms with Gasteiger partial charge in [0, 0.05) is 24.5 Å². The van der Waals surface area contributed by atoms with Crippen molar-refractivity contribution in [1.29, 1.82) is 0 Å². The van der Waals surface area contributed by atoms with E-state index in [0.717, 1.165) is 52.5 Å². The number of rotatable bonds is 4. The van der Waals surface area contributed by atoms with Crippen LogP contribution >= 0.6 is 0 Å². The lowest BCUT2D eigenvalue weighted by Crippen LogP contribution is -2.35. The van der Waals surface area contributed by atoms with Crippen molar-refractivity contribution in [2.24, 2.45) is 5.92 Å². The van der Waals surface area contributed by atoms with Crippen LogP contribution in [0.25, 0.3) is 21.9 Å². The van der Waals surface area contributed by atoms with E-state index in [1.165, 1.54) is 24.8 Å². The van der Waals surface area contributed by atoms with Gasteiger partial charge in [-0.2, -0.15) is 0 Å². The van der Waals surface area contributed by atoms with Crippen LogP contribution in [0.15, 0.2) is 54.9 Å². The van der Waals surface area contributed by atoms with E-state index in [1.807, 2.05) is 12.1 Å². The number of benzene rings is 2. The second-order valence-corrected chi connectivity index (χ2v) is 7.58. The molecular formula is C23H24N4O. The molecule has 5 rings (SSSR count). The molecular weight excluding hydrogens is 348 g/mol. The van der Waals surface area contributed by atoms with Gasteiger partial charge in [-0.3, -0.25) is 0 Å². The molecule has 0 amide bonds. The highest BCUT2D eigenvalue weighted by atomic mass is 16.5. The van der Waals surface area contributed by atoms with E-state index in [9.17, 15) is 0 Å². The standard InChI is InChI=1S/C23H24N4O/c1-28-18-7-8-19-20(14-18)26-22-21(19)24-15-25-23(22)27-11-9-17(10-12-27)13-16-5-3-2-4-6-16/h2-8,14-15,17,26H,9-13H2,1H3. The molecule has 2 aromatic carbocycles. The Bertz CT molecular complexity index is 1100. The van der Waals surface area contributed by atoms with Crippen molar-refractivity contribution in [3.05, 3.63) is 60.4 Å². The minimum atomic E-state index is 0.739. The summed E-state index contributed by atoms with van der Waals surface area (Å²) in [5, 5.41) is 1.11. The van der Waals surface area contributed by atoms with Crippen molar-refractivity contribution in [2.75, 3.05) is 25.1 Å². The number of fused-ring (bicyclic) bond motifs is 3. The summed E-state index contributed by atoms with van der Waals surface area (Å²) in [4.78, 5) is 15.1. The normalized spacial score (nSPS) is 15.4. The van der Waals surface area contributed by atoms with Crippen LogP contribution in [-0.2, 0) is 6.42 Å². The van der Waals surface area contributed by atoms with Gasteiger partial charge in [-0.25, -0.2) is 9.97 Å². The van der Waals surface area contributed by atoms with E-state index >= 15 is 0 Å². The maximum atomic E-state index is 5.36. The molecule has 1 aliphatic heterocycles. The summed E-state index contributed by atoms with van der Waals surface area (Å²) in [5.41, 5.74) is 4.48. The first-order valence-corrected chi connectivity index (χ1v) is 9.91. The van der Waals surface area contributed by atoms with Gasteiger partial charge in [0.25, 0.3) is 0 Å². The lowest BCUT2D eigenvalue weighted by Gasteiger charge is -2.33. The average Bonchev–Trinajstić information content (AvgIpc) is 3.13. The van der Waals surface area contributed by atoms with Gasteiger partial charge in [0.1, 0.15) is 23.1 Å². The Kier molecular flexibility index (Phi) is 4.35. The first-order valence-electron chi connectivity index (χ1n) is 9.91. The number of hydrogen-bond acceptors (Lipinski definition) is 4. The quantitative estimate of drug-likeness (QED) is 0.570. The largest absolute Gasteiger partial charge is 0.497 e. The zero-order chi connectivity index (χ0) is 18.9. The summed E-state index contributed by atoms with van der Waals surface area (Å²) in [6.45, 7) is 2.06. The third kappa shape index (κ3) is 3.07. The second-order valence-electron chi connectivity index (χ2n) is 7.58.